The third kappa shape index (κ3) is 3.36. The van der Waals surface area contributed by atoms with Gasteiger partial charge in [0.15, 0.2) is 0 Å². The topological polar surface area (TPSA) is 81.8 Å². The molecule has 0 heterocycles. The molecule has 0 rings (SSSR count). The zero-order chi connectivity index (χ0) is 10.5. The summed E-state index contributed by atoms with van der Waals surface area (Å²) in [5, 5.41) is 0. The van der Waals surface area contributed by atoms with Crippen LogP contribution in [0.2, 0.25) is 0 Å². The van der Waals surface area contributed by atoms with Crippen LogP contribution in [0.5, 0.6) is 0 Å². The Balaban J connectivity index is 4.71. The summed E-state index contributed by atoms with van der Waals surface area (Å²) in [6.45, 7) is 3.73. The maximum Gasteiger partial charge on any atom is 0.349 e. The van der Waals surface area contributed by atoms with Crippen LogP contribution >= 0.6 is 0 Å². The number of hydrogen-bond donors (Lipinski definition) is 1. The molecule has 74 valence electrons. The number of esters is 1. The molecule has 0 saturated heterocycles. The van der Waals surface area contributed by atoms with Gasteiger partial charge >= 0.3 is 5.97 Å². The molecule has 13 heavy (non-hydrogen) atoms. The highest BCUT2D eigenvalue weighted by atomic mass is 16.5. The Hall–Kier alpha value is -1.19. The van der Waals surface area contributed by atoms with Crippen LogP contribution in [0, 0.1) is 5.92 Å². The second-order valence-electron chi connectivity index (χ2n) is 3.22. The summed E-state index contributed by atoms with van der Waals surface area (Å²) in [4.78, 5) is 24.4. The van der Waals surface area contributed by atoms with Gasteiger partial charge in [0.05, 0.1) is 7.11 Å². The van der Waals surface area contributed by atoms with E-state index in [1.54, 1.807) is 0 Å². The Morgan fingerprint density at radius 1 is 1.69 bits per heavy atom. The smallest absolute Gasteiger partial charge is 0.349 e. The van der Waals surface area contributed by atoms with Gasteiger partial charge < -0.3 is 4.74 Å². The lowest BCUT2D eigenvalue weighted by molar-refractivity contribution is -0.147. The summed E-state index contributed by atoms with van der Waals surface area (Å²) >= 11 is 0. The van der Waals surface area contributed by atoms with E-state index >= 15 is 0 Å². The molecule has 2 N–H and O–H groups in total. The molecule has 1 unspecified atom stereocenters. The van der Waals surface area contributed by atoms with E-state index in [0.717, 1.165) is 0 Å². The molecule has 0 radical (unpaired) electrons. The van der Waals surface area contributed by atoms with Crippen LogP contribution in [-0.2, 0) is 14.3 Å². The average Bonchev–Trinajstić information content (AvgIpc) is 2.02. The number of nitrogens with zero attached hydrogens (tertiary/aromatic N) is 1. The summed E-state index contributed by atoms with van der Waals surface area (Å²) in [6.07, 6.45) is 1.54. The number of nitrogens with two attached hydrogens (primary N) is 1. The van der Waals surface area contributed by atoms with Crippen LogP contribution in [0.1, 0.15) is 20.3 Å². The van der Waals surface area contributed by atoms with Crippen molar-refractivity contribution >= 4 is 12.0 Å². The fraction of sp³-hybridized carbons (Fsp3) is 0.750. The Kier molecular flexibility index (Phi) is 4.31. The molecule has 0 fully saturated rings. The standard InChI is InChI=1S/C8H14N2O3/c1-6(2)4-8(9,10-5-11)7(12)13-3/h6H,4,9H2,1-3H3. The number of rotatable bonds is 4. The second-order valence-corrected chi connectivity index (χ2v) is 3.22. The predicted molar refractivity (Wildman–Crippen MR) is 46.5 cm³/mol. The lowest BCUT2D eigenvalue weighted by atomic mass is 9.99. The van der Waals surface area contributed by atoms with E-state index in [4.69, 9.17) is 5.73 Å². The highest BCUT2D eigenvalue weighted by Crippen LogP contribution is 2.16. The van der Waals surface area contributed by atoms with Crippen molar-refractivity contribution in [2.45, 2.75) is 25.9 Å². The van der Waals surface area contributed by atoms with Crippen LogP contribution in [-0.4, -0.2) is 24.8 Å². The maximum atomic E-state index is 11.1. The number of hydrogen-bond acceptors (Lipinski definition) is 5. The van der Waals surface area contributed by atoms with Crippen LogP contribution < -0.4 is 5.73 Å². The van der Waals surface area contributed by atoms with Crippen LogP contribution in [0.25, 0.3) is 0 Å². The summed E-state index contributed by atoms with van der Waals surface area (Å²) in [5.74, 6) is -0.578. The van der Waals surface area contributed by atoms with Gasteiger partial charge in [-0.3, -0.25) is 5.73 Å². The van der Waals surface area contributed by atoms with Crippen molar-refractivity contribution in [2.24, 2.45) is 16.6 Å². The molecule has 0 amide bonds. The van der Waals surface area contributed by atoms with Crippen molar-refractivity contribution in [1.82, 2.24) is 0 Å². The number of carbonyl (C=O) groups excluding carboxylic acids is 2. The van der Waals surface area contributed by atoms with Crippen molar-refractivity contribution in [3.8, 4) is 0 Å². The van der Waals surface area contributed by atoms with E-state index in [1.807, 2.05) is 13.8 Å². The molecule has 0 aromatic carbocycles. The molecule has 1 atom stereocenters. The first-order chi connectivity index (χ1) is 5.96. The maximum absolute atomic E-state index is 11.1. The predicted octanol–water partition coefficient (Wildman–Crippen LogP) is 0.196. The molecule has 0 aromatic heterocycles. The van der Waals surface area contributed by atoms with E-state index in [1.165, 1.54) is 13.2 Å². The largest absolute Gasteiger partial charge is 0.466 e. The Morgan fingerprint density at radius 2 is 2.23 bits per heavy atom. The van der Waals surface area contributed by atoms with E-state index in [0.29, 0.717) is 0 Å². The quantitative estimate of drug-likeness (QED) is 0.386. The Bertz CT molecular complexity index is 234. The number of isocyanates is 1. The first-order valence-corrected chi connectivity index (χ1v) is 3.92. The number of aliphatic imine (C=N–C) groups is 1. The number of methoxy groups -OCH3 is 1. The van der Waals surface area contributed by atoms with Gasteiger partial charge in [0, 0.05) is 0 Å². The summed E-state index contributed by atoms with van der Waals surface area (Å²) in [7, 11) is 1.20. The lowest BCUT2D eigenvalue weighted by Gasteiger charge is -2.21. The first kappa shape index (κ1) is 11.8. The molecule has 0 spiro atoms. The molecule has 0 aromatic rings. The second kappa shape index (κ2) is 4.74. The van der Waals surface area contributed by atoms with Gasteiger partial charge in [-0.05, 0) is 12.3 Å². The van der Waals surface area contributed by atoms with Crippen molar-refractivity contribution in [3.05, 3.63) is 0 Å². The minimum absolute atomic E-state index is 0.140. The minimum Gasteiger partial charge on any atom is -0.466 e. The third-order valence-corrected chi connectivity index (χ3v) is 1.50. The molecule has 5 nitrogen and oxygen atoms in total. The van der Waals surface area contributed by atoms with Crippen LogP contribution in [0.15, 0.2) is 4.99 Å². The molecular weight excluding hydrogens is 172 g/mol. The van der Waals surface area contributed by atoms with Gasteiger partial charge in [-0.2, -0.15) is 4.99 Å². The molecule has 0 aliphatic carbocycles. The lowest BCUT2D eigenvalue weighted by Crippen LogP contribution is -2.47. The van der Waals surface area contributed by atoms with Gasteiger partial charge in [0.2, 0.25) is 11.7 Å². The Labute approximate surface area is 77.0 Å². The zero-order valence-corrected chi connectivity index (χ0v) is 8.03. The average molecular weight is 186 g/mol. The molecule has 0 saturated carbocycles. The van der Waals surface area contributed by atoms with Crippen molar-refractivity contribution in [1.29, 1.82) is 0 Å². The van der Waals surface area contributed by atoms with Gasteiger partial charge in [-0.25, -0.2) is 9.59 Å². The minimum atomic E-state index is -1.58. The summed E-state index contributed by atoms with van der Waals surface area (Å²) in [5.41, 5.74) is 3.98. The van der Waals surface area contributed by atoms with Crippen molar-refractivity contribution in [2.75, 3.05) is 7.11 Å². The summed E-state index contributed by atoms with van der Waals surface area (Å²) < 4.78 is 4.43. The highest BCUT2D eigenvalue weighted by molar-refractivity contribution is 5.81. The monoisotopic (exact) mass is 186 g/mol. The number of ether oxygens (including phenoxy) is 1. The van der Waals surface area contributed by atoms with E-state index in [2.05, 4.69) is 9.73 Å². The SMILES string of the molecule is COC(=O)C(N)(CC(C)C)N=C=O. The van der Waals surface area contributed by atoms with E-state index in [-0.39, 0.29) is 12.3 Å². The number of carbonyl (C=O) groups is 1. The molecule has 5 heteroatoms. The fourth-order valence-corrected chi connectivity index (χ4v) is 1.06. The zero-order valence-electron chi connectivity index (χ0n) is 8.03. The third-order valence-electron chi connectivity index (χ3n) is 1.50. The van der Waals surface area contributed by atoms with Crippen molar-refractivity contribution in [3.63, 3.8) is 0 Å². The molecular formula is C8H14N2O3. The highest BCUT2D eigenvalue weighted by Gasteiger charge is 2.35. The first-order valence-electron chi connectivity index (χ1n) is 3.92. The van der Waals surface area contributed by atoms with E-state index in [9.17, 15) is 9.59 Å². The molecule has 0 aliphatic rings. The summed E-state index contributed by atoms with van der Waals surface area (Å²) in [6, 6.07) is 0. The van der Waals surface area contributed by atoms with Gasteiger partial charge in [0.1, 0.15) is 0 Å². The molecule has 0 bridgehead atoms. The van der Waals surface area contributed by atoms with E-state index < -0.39 is 11.6 Å². The molecule has 0 aliphatic heterocycles. The normalized spacial score (nSPS) is 14.5. The van der Waals surface area contributed by atoms with Gasteiger partial charge in [0.25, 0.3) is 0 Å². The van der Waals surface area contributed by atoms with Gasteiger partial charge in [-0.15, -0.1) is 0 Å². The fourth-order valence-electron chi connectivity index (χ4n) is 1.06. The van der Waals surface area contributed by atoms with Gasteiger partial charge in [-0.1, -0.05) is 13.8 Å². The Morgan fingerprint density at radius 3 is 2.54 bits per heavy atom. The van der Waals surface area contributed by atoms with Crippen LogP contribution in [0.4, 0.5) is 0 Å². The van der Waals surface area contributed by atoms with Crippen molar-refractivity contribution < 1.29 is 14.3 Å². The van der Waals surface area contributed by atoms with Crippen LogP contribution in [0.3, 0.4) is 0 Å².